The van der Waals surface area contributed by atoms with Crippen LogP contribution in [-0.2, 0) is 0 Å². The molecule has 1 nitrogen and oxygen atoms in total. The van der Waals surface area contributed by atoms with E-state index in [2.05, 4.69) is 56.0 Å². The first-order valence-corrected chi connectivity index (χ1v) is 11.2. The molecule has 0 aliphatic carbocycles. The van der Waals surface area contributed by atoms with Crippen molar-refractivity contribution in [2.75, 3.05) is 13.1 Å². The maximum atomic E-state index is 5.63. The summed E-state index contributed by atoms with van der Waals surface area (Å²) in [6, 6.07) is 10.9. The molecule has 0 N–H and O–H groups in total. The van der Waals surface area contributed by atoms with Crippen molar-refractivity contribution in [3.63, 3.8) is 0 Å². The molecule has 0 bridgehead atoms. The van der Waals surface area contributed by atoms with Crippen molar-refractivity contribution in [1.29, 1.82) is 0 Å². The molecule has 1 unspecified atom stereocenters. The molecule has 4 heteroatoms. The van der Waals surface area contributed by atoms with E-state index in [-0.39, 0.29) is 0 Å². The van der Waals surface area contributed by atoms with Crippen molar-refractivity contribution in [1.82, 2.24) is 4.90 Å². The Morgan fingerprint density at radius 3 is 2.43 bits per heavy atom. The molecule has 0 radical (unpaired) electrons. The molecule has 0 fully saturated rings. The zero-order chi connectivity index (χ0) is 15.5. The Kier molecular flexibility index (Phi) is 10.5. The van der Waals surface area contributed by atoms with Crippen molar-refractivity contribution in [3.8, 4) is 0 Å². The molecule has 1 aromatic rings. The zero-order valence-corrected chi connectivity index (χ0v) is 16.7. The van der Waals surface area contributed by atoms with Crippen LogP contribution >= 0.6 is 24.0 Å². The van der Waals surface area contributed by atoms with Gasteiger partial charge >= 0.3 is 147 Å². The van der Waals surface area contributed by atoms with E-state index in [1.165, 1.54) is 29.0 Å². The van der Waals surface area contributed by atoms with Crippen LogP contribution in [0.5, 0.6) is 0 Å². The second-order valence-electron chi connectivity index (χ2n) is 4.94. The van der Waals surface area contributed by atoms with Crippen molar-refractivity contribution >= 4 is 47.7 Å². The van der Waals surface area contributed by atoms with Crippen LogP contribution in [-0.4, -0.2) is 42.5 Å². The number of unbranched alkanes of at least 4 members (excludes halogenated alkanes) is 1. The van der Waals surface area contributed by atoms with Gasteiger partial charge in [0.2, 0.25) is 0 Å². The first-order valence-electron chi connectivity index (χ1n) is 7.84. The summed E-state index contributed by atoms with van der Waals surface area (Å²) in [5, 5.41) is 1.96. The van der Waals surface area contributed by atoms with E-state index in [0.29, 0.717) is 20.2 Å². The van der Waals surface area contributed by atoms with Crippen LogP contribution in [0.25, 0.3) is 0 Å². The van der Waals surface area contributed by atoms with E-state index >= 15 is 0 Å². The van der Waals surface area contributed by atoms with Gasteiger partial charge in [0.1, 0.15) is 0 Å². The minimum absolute atomic E-state index is 0.561. The summed E-state index contributed by atoms with van der Waals surface area (Å²) in [7, 11) is 0. The summed E-state index contributed by atoms with van der Waals surface area (Å²) >= 11 is 8.12. The molecule has 0 aliphatic heterocycles. The Bertz CT molecular complexity index is 393. The fraction of sp³-hybridized carbons (Fsp3) is 0.588. The second-order valence-corrected chi connectivity index (χ2v) is 9.17. The number of thiocarbonyl (C=S) groups is 1. The van der Waals surface area contributed by atoms with E-state index < -0.39 is 0 Å². The van der Waals surface area contributed by atoms with Crippen LogP contribution < -0.4 is 4.46 Å². The summed E-state index contributed by atoms with van der Waals surface area (Å²) in [6.45, 7) is 8.68. The van der Waals surface area contributed by atoms with Crippen LogP contribution in [0.15, 0.2) is 30.3 Å². The van der Waals surface area contributed by atoms with Gasteiger partial charge in [-0.1, -0.05) is 0 Å². The molecule has 0 saturated carbocycles. The van der Waals surface area contributed by atoms with E-state index in [1.54, 1.807) is 0 Å². The fourth-order valence-electron chi connectivity index (χ4n) is 2.01. The summed E-state index contributed by atoms with van der Waals surface area (Å²) < 4.78 is 2.59. The first kappa shape index (κ1) is 19.0. The van der Waals surface area contributed by atoms with Crippen LogP contribution in [0.3, 0.4) is 0 Å². The molecular weight excluding hydrogens is 361 g/mol. The molecule has 0 aliphatic rings. The van der Waals surface area contributed by atoms with Crippen LogP contribution in [0.2, 0.25) is 5.32 Å². The van der Waals surface area contributed by atoms with Gasteiger partial charge in [-0.2, -0.15) is 0 Å². The monoisotopic (exact) mass is 389 g/mol. The van der Waals surface area contributed by atoms with Crippen LogP contribution in [0.1, 0.15) is 40.0 Å². The molecule has 1 aromatic carbocycles. The molecular formula is C17H27NS2Se. The maximum absolute atomic E-state index is 5.63. The first-order chi connectivity index (χ1) is 10.2. The van der Waals surface area contributed by atoms with Gasteiger partial charge in [-0.05, 0) is 0 Å². The molecule has 1 atom stereocenters. The predicted octanol–water partition coefficient (Wildman–Crippen LogP) is 4.35. The van der Waals surface area contributed by atoms with E-state index in [4.69, 9.17) is 12.2 Å². The number of rotatable bonds is 9. The van der Waals surface area contributed by atoms with Gasteiger partial charge in [-0.15, -0.1) is 0 Å². The minimum atomic E-state index is 0.561. The number of thioether (sulfide) groups is 1. The third kappa shape index (κ3) is 7.69. The Morgan fingerprint density at radius 2 is 1.86 bits per heavy atom. The van der Waals surface area contributed by atoms with E-state index in [9.17, 15) is 0 Å². The number of benzene rings is 1. The van der Waals surface area contributed by atoms with Crippen molar-refractivity contribution in [2.45, 2.75) is 50.6 Å². The topological polar surface area (TPSA) is 3.24 Å². The summed E-state index contributed by atoms with van der Waals surface area (Å²) in [5.74, 6) is 0. The Morgan fingerprint density at radius 1 is 1.19 bits per heavy atom. The fourth-order valence-corrected chi connectivity index (χ4v) is 6.38. The van der Waals surface area contributed by atoms with Crippen molar-refractivity contribution < 1.29 is 0 Å². The van der Waals surface area contributed by atoms with Gasteiger partial charge in [0.05, 0.1) is 0 Å². The zero-order valence-electron chi connectivity index (χ0n) is 13.4. The van der Waals surface area contributed by atoms with Crippen molar-refractivity contribution in [2.24, 2.45) is 0 Å². The molecule has 0 saturated heterocycles. The Balaban J connectivity index is 2.52. The average molecular weight is 389 g/mol. The number of nitrogens with zero attached hydrogens (tertiary/aromatic N) is 1. The summed E-state index contributed by atoms with van der Waals surface area (Å²) in [4.78, 5) is 2.30. The molecule has 118 valence electrons. The SMILES string of the molecule is CCCCC(C[Se]c1ccccc1)SC(=S)N(CC)CC. The third-order valence-electron chi connectivity index (χ3n) is 3.35. The standard InChI is InChI=1S/C17H27NS2Se/c1-4-7-11-15(20-17(19)18(5-2)6-3)14-21-16-12-9-8-10-13-16/h8-10,12-13,15H,4-7,11,14H2,1-3H3. The Hall–Kier alpha value is -0.0205. The molecule has 21 heavy (non-hydrogen) atoms. The Labute approximate surface area is 146 Å². The van der Waals surface area contributed by atoms with Gasteiger partial charge in [0.15, 0.2) is 0 Å². The van der Waals surface area contributed by atoms with Gasteiger partial charge in [-0.25, -0.2) is 0 Å². The normalized spacial score (nSPS) is 12.1. The summed E-state index contributed by atoms with van der Waals surface area (Å²) in [5.41, 5.74) is 0. The summed E-state index contributed by atoms with van der Waals surface area (Å²) in [6.07, 6.45) is 3.87. The molecule has 0 amide bonds. The van der Waals surface area contributed by atoms with E-state index in [1.807, 2.05) is 11.8 Å². The molecule has 0 heterocycles. The number of hydrogen-bond donors (Lipinski definition) is 0. The van der Waals surface area contributed by atoms with Crippen LogP contribution in [0.4, 0.5) is 0 Å². The molecule has 1 rings (SSSR count). The quantitative estimate of drug-likeness (QED) is 0.457. The van der Waals surface area contributed by atoms with Gasteiger partial charge in [-0.3, -0.25) is 0 Å². The van der Waals surface area contributed by atoms with Gasteiger partial charge in [0.25, 0.3) is 0 Å². The predicted molar refractivity (Wildman–Crippen MR) is 103 cm³/mol. The third-order valence-corrected chi connectivity index (χ3v) is 8.03. The van der Waals surface area contributed by atoms with Gasteiger partial charge in [0, 0.05) is 0 Å². The number of hydrogen-bond acceptors (Lipinski definition) is 2. The van der Waals surface area contributed by atoms with Gasteiger partial charge < -0.3 is 0 Å². The van der Waals surface area contributed by atoms with Crippen molar-refractivity contribution in [3.05, 3.63) is 30.3 Å². The second kappa shape index (κ2) is 11.5. The van der Waals surface area contributed by atoms with E-state index in [0.717, 1.165) is 17.4 Å². The molecule has 0 spiro atoms. The van der Waals surface area contributed by atoms with Crippen LogP contribution in [0, 0.1) is 0 Å². The average Bonchev–Trinajstić information content (AvgIpc) is 2.52. The molecule has 0 aromatic heterocycles.